The zero-order valence-corrected chi connectivity index (χ0v) is 11.5. The van der Waals surface area contributed by atoms with Crippen LogP contribution in [0.3, 0.4) is 0 Å². The number of hydrogen-bond acceptors (Lipinski definition) is 3. The fraction of sp³-hybridized carbons (Fsp3) is 0.125. The number of carbonyl (C=O) groups is 1. The molecule has 0 bridgehead atoms. The van der Waals surface area contributed by atoms with Gasteiger partial charge in [0.15, 0.2) is 0 Å². The van der Waals surface area contributed by atoms with Crippen LogP contribution in [0, 0.1) is 5.82 Å². The van der Waals surface area contributed by atoms with Crippen LogP contribution in [0.1, 0.15) is 15.9 Å². The predicted molar refractivity (Wildman–Crippen MR) is 80.5 cm³/mol. The van der Waals surface area contributed by atoms with E-state index in [9.17, 15) is 9.18 Å². The summed E-state index contributed by atoms with van der Waals surface area (Å²) in [5.74, 6) is -0.491. The zero-order valence-electron chi connectivity index (χ0n) is 11.5. The molecule has 2 N–H and O–H groups in total. The molecule has 0 fully saturated rings. The summed E-state index contributed by atoms with van der Waals surface area (Å²) < 4.78 is 13.5. The van der Waals surface area contributed by atoms with E-state index in [1.165, 1.54) is 12.3 Å². The van der Waals surface area contributed by atoms with Gasteiger partial charge in [-0.15, -0.1) is 6.58 Å². The van der Waals surface area contributed by atoms with E-state index in [1.54, 1.807) is 36.5 Å². The van der Waals surface area contributed by atoms with Crippen LogP contribution < -0.4 is 10.6 Å². The summed E-state index contributed by atoms with van der Waals surface area (Å²) >= 11 is 0. The Bertz CT molecular complexity index is 643. The molecule has 0 saturated heterocycles. The van der Waals surface area contributed by atoms with Gasteiger partial charge < -0.3 is 10.6 Å². The molecule has 1 aromatic carbocycles. The van der Waals surface area contributed by atoms with Crippen molar-refractivity contribution in [1.82, 2.24) is 10.3 Å². The maximum atomic E-state index is 13.5. The van der Waals surface area contributed by atoms with E-state index in [1.807, 2.05) is 0 Å². The molecule has 2 rings (SSSR count). The average Bonchev–Trinajstić information content (AvgIpc) is 2.52. The molecule has 0 radical (unpaired) electrons. The number of pyridine rings is 1. The number of hydrogen-bond donors (Lipinski definition) is 2. The first-order valence-electron chi connectivity index (χ1n) is 6.52. The Morgan fingerprint density at radius 1 is 1.33 bits per heavy atom. The van der Waals surface area contributed by atoms with Crippen molar-refractivity contribution in [3.05, 3.63) is 72.3 Å². The third-order valence-electron chi connectivity index (χ3n) is 2.85. The number of halogens is 1. The number of benzene rings is 1. The lowest BCUT2D eigenvalue weighted by atomic mass is 10.2. The van der Waals surface area contributed by atoms with E-state index in [2.05, 4.69) is 22.2 Å². The number of nitrogens with one attached hydrogen (secondary N) is 2. The first-order chi connectivity index (χ1) is 10.2. The Hall–Kier alpha value is -2.69. The van der Waals surface area contributed by atoms with E-state index in [0.717, 1.165) is 0 Å². The summed E-state index contributed by atoms with van der Waals surface area (Å²) in [6.07, 6.45) is 4.67. The monoisotopic (exact) mass is 285 g/mol. The highest BCUT2D eigenvalue weighted by atomic mass is 19.1. The van der Waals surface area contributed by atoms with Gasteiger partial charge in [-0.3, -0.25) is 9.78 Å². The first kappa shape index (κ1) is 14.7. The average molecular weight is 285 g/mol. The molecule has 21 heavy (non-hydrogen) atoms. The SMILES string of the molecule is C=CCNC(=O)c1cncc(NCc2ccccc2F)c1. The van der Waals surface area contributed by atoms with Crippen LogP contribution >= 0.6 is 0 Å². The van der Waals surface area contributed by atoms with Gasteiger partial charge in [-0.1, -0.05) is 24.3 Å². The van der Waals surface area contributed by atoms with Gasteiger partial charge in [-0.2, -0.15) is 0 Å². The van der Waals surface area contributed by atoms with E-state index in [4.69, 9.17) is 0 Å². The van der Waals surface area contributed by atoms with Gasteiger partial charge in [0.25, 0.3) is 5.91 Å². The van der Waals surface area contributed by atoms with Crippen molar-refractivity contribution in [2.24, 2.45) is 0 Å². The number of anilines is 1. The second-order valence-corrected chi connectivity index (χ2v) is 4.41. The zero-order chi connectivity index (χ0) is 15.1. The van der Waals surface area contributed by atoms with Crippen molar-refractivity contribution in [1.29, 1.82) is 0 Å². The Morgan fingerprint density at radius 3 is 2.90 bits per heavy atom. The molecule has 2 aromatic rings. The van der Waals surface area contributed by atoms with Gasteiger partial charge in [0.2, 0.25) is 0 Å². The van der Waals surface area contributed by atoms with Crippen LogP contribution in [-0.2, 0) is 6.54 Å². The van der Waals surface area contributed by atoms with E-state index >= 15 is 0 Å². The molecule has 0 aliphatic rings. The summed E-state index contributed by atoms with van der Waals surface area (Å²) in [5.41, 5.74) is 1.65. The number of nitrogens with zero attached hydrogens (tertiary/aromatic N) is 1. The minimum atomic E-state index is -0.266. The molecule has 1 heterocycles. The molecule has 4 nitrogen and oxygen atoms in total. The molecule has 108 valence electrons. The lowest BCUT2D eigenvalue weighted by Gasteiger charge is -2.08. The van der Waals surface area contributed by atoms with Gasteiger partial charge >= 0.3 is 0 Å². The second-order valence-electron chi connectivity index (χ2n) is 4.41. The number of carbonyl (C=O) groups excluding carboxylic acids is 1. The highest BCUT2D eigenvalue weighted by Gasteiger charge is 2.06. The molecule has 1 amide bonds. The maximum absolute atomic E-state index is 13.5. The molecular formula is C16H16FN3O. The minimum absolute atomic E-state index is 0.225. The lowest BCUT2D eigenvalue weighted by Crippen LogP contribution is -2.23. The van der Waals surface area contributed by atoms with E-state index < -0.39 is 0 Å². The molecule has 0 spiro atoms. The van der Waals surface area contributed by atoms with Crippen LogP contribution in [0.4, 0.5) is 10.1 Å². The molecule has 5 heteroatoms. The van der Waals surface area contributed by atoms with Crippen molar-refractivity contribution in [2.75, 3.05) is 11.9 Å². The van der Waals surface area contributed by atoms with Crippen molar-refractivity contribution >= 4 is 11.6 Å². The smallest absolute Gasteiger partial charge is 0.253 e. The topological polar surface area (TPSA) is 54.0 Å². The quantitative estimate of drug-likeness (QED) is 0.802. The van der Waals surface area contributed by atoms with Gasteiger partial charge in [0.1, 0.15) is 5.82 Å². The molecule has 1 aromatic heterocycles. The van der Waals surface area contributed by atoms with Gasteiger partial charge in [-0.25, -0.2) is 4.39 Å². The molecule has 0 saturated carbocycles. The number of rotatable bonds is 6. The highest BCUT2D eigenvalue weighted by Crippen LogP contribution is 2.12. The largest absolute Gasteiger partial charge is 0.380 e. The highest BCUT2D eigenvalue weighted by molar-refractivity contribution is 5.94. The van der Waals surface area contributed by atoms with E-state index in [-0.39, 0.29) is 11.7 Å². The lowest BCUT2D eigenvalue weighted by molar-refractivity contribution is 0.0957. The number of amides is 1. The third kappa shape index (κ3) is 4.14. The molecule has 0 atom stereocenters. The van der Waals surface area contributed by atoms with Gasteiger partial charge in [0.05, 0.1) is 11.3 Å². The van der Waals surface area contributed by atoms with Crippen LogP contribution in [0.15, 0.2) is 55.4 Å². The Kier molecular flexibility index (Phi) is 5.04. The van der Waals surface area contributed by atoms with Crippen molar-refractivity contribution in [2.45, 2.75) is 6.54 Å². The standard InChI is InChI=1S/C16H16FN3O/c1-2-7-19-16(21)13-8-14(11-18-9-13)20-10-12-5-3-4-6-15(12)17/h2-6,8-9,11,20H,1,7,10H2,(H,19,21). The summed E-state index contributed by atoms with van der Waals surface area (Å²) in [6, 6.07) is 8.21. The van der Waals surface area contributed by atoms with Crippen molar-refractivity contribution in [3.63, 3.8) is 0 Å². The Morgan fingerprint density at radius 2 is 2.14 bits per heavy atom. The van der Waals surface area contributed by atoms with Gasteiger partial charge in [-0.05, 0) is 12.1 Å². The minimum Gasteiger partial charge on any atom is -0.380 e. The Labute approximate surface area is 122 Å². The summed E-state index contributed by atoms with van der Waals surface area (Å²) in [6.45, 7) is 4.26. The normalized spacial score (nSPS) is 9.95. The first-order valence-corrected chi connectivity index (χ1v) is 6.52. The summed E-state index contributed by atoms with van der Waals surface area (Å²) in [4.78, 5) is 15.8. The van der Waals surface area contributed by atoms with Crippen LogP contribution in [-0.4, -0.2) is 17.4 Å². The Balaban J connectivity index is 2.03. The summed E-state index contributed by atoms with van der Waals surface area (Å²) in [5, 5.41) is 5.72. The predicted octanol–water partition coefficient (Wildman–Crippen LogP) is 2.75. The summed E-state index contributed by atoms with van der Waals surface area (Å²) in [7, 11) is 0. The van der Waals surface area contributed by atoms with Crippen molar-refractivity contribution in [3.8, 4) is 0 Å². The molecule has 0 unspecified atom stereocenters. The van der Waals surface area contributed by atoms with Crippen LogP contribution in [0.5, 0.6) is 0 Å². The molecule has 0 aliphatic carbocycles. The molecular weight excluding hydrogens is 269 g/mol. The van der Waals surface area contributed by atoms with Crippen molar-refractivity contribution < 1.29 is 9.18 Å². The molecule has 0 aliphatic heterocycles. The maximum Gasteiger partial charge on any atom is 0.253 e. The van der Waals surface area contributed by atoms with E-state index in [0.29, 0.717) is 29.9 Å². The van der Waals surface area contributed by atoms with Crippen LogP contribution in [0.2, 0.25) is 0 Å². The number of aromatic nitrogens is 1. The third-order valence-corrected chi connectivity index (χ3v) is 2.85. The van der Waals surface area contributed by atoms with Crippen LogP contribution in [0.25, 0.3) is 0 Å². The fourth-order valence-corrected chi connectivity index (χ4v) is 1.77. The second kappa shape index (κ2) is 7.19. The van der Waals surface area contributed by atoms with Gasteiger partial charge in [0, 0.05) is 31.0 Å². The fourth-order valence-electron chi connectivity index (χ4n) is 1.77.